The molecular weight excluding hydrogens is 565 g/mol. The number of nitrogens with one attached hydrogen (secondary N) is 1. The lowest BCUT2D eigenvalue weighted by Gasteiger charge is -2.23. The number of aromatic carboxylic acids is 1. The smallest absolute Gasteiger partial charge is 0.476 e. The minimum Gasteiger partial charge on any atom is -0.476 e. The predicted octanol–water partition coefficient (Wildman–Crippen LogP) is 3.82. The number of alkyl halides is 3. The normalized spacial score (nSPS) is 19.3. The molecule has 43 heavy (non-hydrogen) atoms. The van der Waals surface area contributed by atoms with Crippen molar-refractivity contribution in [1.29, 1.82) is 0 Å². The summed E-state index contributed by atoms with van der Waals surface area (Å²) in [5.41, 5.74) is 2.84. The number of likely N-dealkylation sites (tertiary alicyclic amines) is 1. The second kappa shape index (κ2) is 14.0. The Hall–Kier alpha value is -3.97. The largest absolute Gasteiger partial charge is 0.573 e. The van der Waals surface area contributed by atoms with Crippen LogP contribution in [0.4, 0.5) is 13.2 Å². The maximum absolute atomic E-state index is 12.6. The van der Waals surface area contributed by atoms with Crippen LogP contribution < -0.4 is 10.1 Å². The van der Waals surface area contributed by atoms with Crippen LogP contribution >= 0.6 is 0 Å². The molecule has 232 valence electrons. The van der Waals surface area contributed by atoms with Crippen molar-refractivity contribution in [2.45, 2.75) is 39.8 Å². The lowest BCUT2D eigenvalue weighted by Crippen LogP contribution is -2.39. The Morgan fingerprint density at radius 3 is 2.51 bits per heavy atom. The summed E-state index contributed by atoms with van der Waals surface area (Å²) in [4.78, 5) is 34.8. The Kier molecular flexibility index (Phi) is 10.4. The Bertz CT molecular complexity index is 1390. The van der Waals surface area contributed by atoms with Gasteiger partial charge in [-0.2, -0.15) is 0 Å². The van der Waals surface area contributed by atoms with Crippen LogP contribution in [-0.2, 0) is 24.4 Å². The molecule has 1 aliphatic heterocycles. The van der Waals surface area contributed by atoms with Crippen molar-refractivity contribution < 1.29 is 32.6 Å². The Balaban J connectivity index is 0.000000359. The average molecular weight is 603 g/mol. The van der Waals surface area contributed by atoms with Crippen molar-refractivity contribution in [1.82, 2.24) is 29.7 Å². The summed E-state index contributed by atoms with van der Waals surface area (Å²) < 4.78 is 42.8. The summed E-state index contributed by atoms with van der Waals surface area (Å²) in [7, 11) is 1.81. The van der Waals surface area contributed by atoms with Crippen LogP contribution in [-0.4, -0.2) is 80.9 Å². The molecule has 2 atom stereocenters. The first-order valence-electron chi connectivity index (χ1n) is 14.1. The van der Waals surface area contributed by atoms with Crippen LogP contribution in [0.2, 0.25) is 0 Å². The van der Waals surface area contributed by atoms with Crippen molar-refractivity contribution >= 4 is 11.9 Å². The number of carboxylic acid groups (broad SMARTS) is 1. The minimum absolute atomic E-state index is 0.0944. The van der Waals surface area contributed by atoms with Gasteiger partial charge in [0.15, 0.2) is 5.69 Å². The number of amides is 1. The number of hydrogen-bond acceptors (Lipinski definition) is 7. The summed E-state index contributed by atoms with van der Waals surface area (Å²) in [5.74, 6) is 0.625. The number of imidazole rings is 1. The van der Waals surface area contributed by atoms with Crippen LogP contribution in [0.1, 0.15) is 34.2 Å². The van der Waals surface area contributed by atoms with Gasteiger partial charge in [0.05, 0.1) is 25.1 Å². The van der Waals surface area contributed by atoms with Gasteiger partial charge in [-0.1, -0.05) is 18.2 Å². The van der Waals surface area contributed by atoms with Crippen LogP contribution in [0.5, 0.6) is 5.75 Å². The second-order valence-corrected chi connectivity index (χ2v) is 10.9. The molecule has 1 saturated heterocycles. The van der Waals surface area contributed by atoms with E-state index in [4.69, 9.17) is 5.11 Å². The molecule has 10 nitrogen and oxygen atoms in total. The molecule has 2 aromatic heterocycles. The molecular formula is C30H37F3N6O4. The van der Waals surface area contributed by atoms with Gasteiger partial charge in [0.25, 0.3) is 0 Å². The number of fused-ring (bicyclic) bond motifs is 1. The van der Waals surface area contributed by atoms with E-state index in [1.54, 1.807) is 27.8 Å². The van der Waals surface area contributed by atoms with E-state index in [-0.39, 0.29) is 17.4 Å². The van der Waals surface area contributed by atoms with E-state index in [1.165, 1.54) is 24.7 Å². The quantitative estimate of drug-likeness (QED) is 0.341. The number of rotatable bonds is 11. The Morgan fingerprint density at radius 1 is 1.16 bits per heavy atom. The summed E-state index contributed by atoms with van der Waals surface area (Å²) in [6.45, 7) is 8.73. The van der Waals surface area contributed by atoms with Gasteiger partial charge in [0.2, 0.25) is 5.91 Å². The molecule has 3 aromatic rings. The fourth-order valence-electron chi connectivity index (χ4n) is 5.36. The lowest BCUT2D eigenvalue weighted by molar-refractivity contribution is -0.274. The first-order chi connectivity index (χ1) is 20.4. The summed E-state index contributed by atoms with van der Waals surface area (Å²) >= 11 is 0. The van der Waals surface area contributed by atoms with Gasteiger partial charge in [-0.25, -0.2) is 9.78 Å². The molecule has 1 saturated carbocycles. The molecule has 0 radical (unpaired) electrons. The number of nitrogens with zero attached hydrogens (tertiary/aromatic N) is 5. The zero-order valence-electron chi connectivity index (χ0n) is 24.4. The highest BCUT2D eigenvalue weighted by molar-refractivity contribution is 5.84. The molecule has 2 aliphatic rings. The topological polar surface area (TPSA) is 113 Å². The highest BCUT2D eigenvalue weighted by atomic mass is 19.4. The SMILES string of the molecule is CCn1cnc(C(=O)O)c1.Cc1cccnc1CN(C)C(=O)CN1CC2C(CNCc3cccc(OC(F)(F)F)c3)C2C1. The summed E-state index contributed by atoms with van der Waals surface area (Å²) in [6.07, 6.45) is 0.0680. The molecule has 5 rings (SSSR count). The van der Waals surface area contributed by atoms with E-state index in [0.717, 1.165) is 43.0 Å². The second-order valence-electron chi connectivity index (χ2n) is 10.9. The van der Waals surface area contributed by atoms with E-state index < -0.39 is 12.3 Å². The maximum Gasteiger partial charge on any atom is 0.573 e. The fourth-order valence-corrected chi connectivity index (χ4v) is 5.36. The lowest BCUT2D eigenvalue weighted by atomic mass is 10.2. The van der Waals surface area contributed by atoms with Crippen molar-refractivity contribution in [2.75, 3.05) is 33.2 Å². The van der Waals surface area contributed by atoms with Gasteiger partial charge in [-0.15, -0.1) is 13.2 Å². The molecule has 2 fully saturated rings. The van der Waals surface area contributed by atoms with Crippen LogP contribution in [0, 0.1) is 24.7 Å². The maximum atomic E-state index is 12.6. The number of aryl methyl sites for hydroxylation is 2. The number of pyridine rings is 1. The van der Waals surface area contributed by atoms with E-state index in [0.29, 0.717) is 37.4 Å². The third kappa shape index (κ3) is 9.26. The zero-order chi connectivity index (χ0) is 31.1. The van der Waals surface area contributed by atoms with Crippen LogP contribution in [0.3, 0.4) is 0 Å². The standard InChI is InChI=1S/C24H29F3N4O2.C6H8N2O2/c1-16-5-4-8-29-22(16)14-30(2)23(32)15-31-12-20-19(21(20)13-31)11-28-10-17-6-3-7-18(9-17)33-24(25,26)27;1-2-8-3-5(6(9)10)7-4-8/h3-9,19-21,28H,10-15H2,1-2H3;3-4H,2H2,1H3,(H,9,10). The van der Waals surface area contributed by atoms with E-state index in [1.807, 2.05) is 33.0 Å². The molecule has 1 aliphatic carbocycles. The van der Waals surface area contributed by atoms with Crippen molar-refractivity contribution in [2.24, 2.45) is 17.8 Å². The molecule has 13 heteroatoms. The molecule has 0 spiro atoms. The van der Waals surface area contributed by atoms with Gasteiger partial charge >= 0.3 is 12.3 Å². The van der Waals surface area contributed by atoms with Crippen LogP contribution in [0.25, 0.3) is 0 Å². The average Bonchev–Trinajstić information content (AvgIpc) is 3.28. The number of carbonyl (C=O) groups is 2. The number of aromatic nitrogens is 3. The van der Waals surface area contributed by atoms with Crippen molar-refractivity contribution in [3.05, 3.63) is 77.6 Å². The van der Waals surface area contributed by atoms with E-state index in [9.17, 15) is 22.8 Å². The summed E-state index contributed by atoms with van der Waals surface area (Å²) in [5, 5.41) is 11.8. The Morgan fingerprint density at radius 2 is 1.91 bits per heavy atom. The molecule has 3 heterocycles. The number of carbonyl (C=O) groups excluding carboxylic acids is 1. The predicted molar refractivity (Wildman–Crippen MR) is 152 cm³/mol. The summed E-state index contributed by atoms with van der Waals surface area (Å²) in [6, 6.07) is 9.93. The van der Waals surface area contributed by atoms with Gasteiger partial charge in [-0.3, -0.25) is 14.7 Å². The van der Waals surface area contributed by atoms with Gasteiger partial charge < -0.3 is 24.6 Å². The van der Waals surface area contributed by atoms with E-state index >= 15 is 0 Å². The monoisotopic (exact) mass is 602 g/mol. The van der Waals surface area contributed by atoms with Gasteiger partial charge in [-0.05, 0) is 67.5 Å². The number of piperidine rings is 1. The van der Waals surface area contributed by atoms with Gasteiger partial charge in [0, 0.05) is 45.6 Å². The highest BCUT2D eigenvalue weighted by Gasteiger charge is 2.55. The first-order valence-corrected chi connectivity index (χ1v) is 14.1. The van der Waals surface area contributed by atoms with Crippen molar-refractivity contribution in [3.8, 4) is 5.75 Å². The molecule has 0 bridgehead atoms. The highest BCUT2D eigenvalue weighted by Crippen LogP contribution is 2.51. The number of carboxylic acids is 1. The number of likely N-dealkylation sites (N-methyl/N-ethyl adjacent to an activating group) is 1. The fraction of sp³-hybridized carbons (Fsp3) is 0.467. The first kappa shape index (κ1) is 32.0. The minimum atomic E-state index is -4.68. The number of halogens is 3. The number of benzene rings is 1. The van der Waals surface area contributed by atoms with E-state index in [2.05, 4.69) is 24.9 Å². The van der Waals surface area contributed by atoms with Crippen molar-refractivity contribution in [3.63, 3.8) is 0 Å². The molecule has 2 unspecified atom stereocenters. The molecule has 1 amide bonds. The Labute approximate surface area is 248 Å². The third-order valence-electron chi connectivity index (χ3n) is 7.80. The zero-order valence-corrected chi connectivity index (χ0v) is 24.4. The van der Waals surface area contributed by atoms with Gasteiger partial charge in [0.1, 0.15) is 5.75 Å². The number of ether oxygens (including phenoxy) is 1. The number of hydrogen-bond donors (Lipinski definition) is 2. The molecule has 2 N–H and O–H groups in total. The van der Waals surface area contributed by atoms with Crippen LogP contribution in [0.15, 0.2) is 55.1 Å². The third-order valence-corrected chi connectivity index (χ3v) is 7.80. The molecule has 1 aromatic carbocycles.